The van der Waals surface area contributed by atoms with Gasteiger partial charge in [-0.1, -0.05) is 65.2 Å². The molecular formula is C34H29Cl2N3O6. The van der Waals surface area contributed by atoms with Crippen LogP contribution >= 0.6 is 23.2 Å². The fourth-order valence-corrected chi connectivity index (χ4v) is 8.46. The molecule has 230 valence electrons. The Kier molecular flexibility index (Phi) is 6.94. The third-order valence-corrected chi connectivity index (χ3v) is 10.6. The third-order valence-electron chi connectivity index (χ3n) is 10.0. The van der Waals surface area contributed by atoms with Gasteiger partial charge in [-0.2, -0.15) is 5.01 Å². The number of nitrogens with zero attached hydrogens (tertiary/aromatic N) is 1. The fourth-order valence-electron chi connectivity index (χ4n) is 8.01. The minimum absolute atomic E-state index is 0.00263. The summed E-state index contributed by atoms with van der Waals surface area (Å²) in [6.45, 7) is 1.77. The molecule has 0 bridgehead atoms. The fraction of sp³-hybridized carbons (Fsp3) is 0.294. The van der Waals surface area contributed by atoms with E-state index < -0.39 is 46.8 Å². The molecule has 0 spiro atoms. The van der Waals surface area contributed by atoms with Gasteiger partial charge in [0, 0.05) is 16.5 Å². The molecule has 4 amide bonds. The van der Waals surface area contributed by atoms with E-state index in [1.807, 2.05) is 6.08 Å². The Labute approximate surface area is 269 Å². The number of phenolic OH excluding ortho intramolecular Hbond substituents is 1. The SMILES string of the molecule is COc1ccc(C23C(=O)N(Nc4ccc(Cl)cc4Cl)C(=O)C2CC2C(=CCC4C(=O)NC(=O)C42)C3c2cccc(C)c2O)cc1. The lowest BCUT2D eigenvalue weighted by molar-refractivity contribution is -0.138. The van der Waals surface area contributed by atoms with Crippen LogP contribution in [0, 0.1) is 30.6 Å². The summed E-state index contributed by atoms with van der Waals surface area (Å²) in [7, 11) is 1.54. The number of hydrazine groups is 1. The maximum Gasteiger partial charge on any atom is 0.260 e. The van der Waals surface area contributed by atoms with Crippen molar-refractivity contribution in [1.29, 1.82) is 0 Å². The van der Waals surface area contributed by atoms with Gasteiger partial charge in [0.1, 0.15) is 11.5 Å². The van der Waals surface area contributed by atoms with E-state index in [2.05, 4.69) is 10.7 Å². The van der Waals surface area contributed by atoms with Crippen LogP contribution in [0.25, 0.3) is 0 Å². The number of phenols is 1. The standard InChI is InChI=1S/C34H29Cl2N3O6/c1-16-4-3-5-22(29(16)40)28-20-11-12-21-27(31(42)37-30(21)41)23(20)15-24-32(43)39(38-26-13-8-18(35)14-25(26)36)33(44)34(24,28)17-6-9-19(45-2)10-7-17/h3-11,13-14,21,23-24,27-28,38,40H,12,15H2,1-2H3,(H,37,41,42). The highest BCUT2D eigenvalue weighted by molar-refractivity contribution is 6.36. The summed E-state index contributed by atoms with van der Waals surface area (Å²) in [5.41, 5.74) is 4.09. The smallest absolute Gasteiger partial charge is 0.260 e. The highest BCUT2D eigenvalue weighted by Crippen LogP contribution is 2.64. The number of aryl methyl sites for hydroxylation is 1. The molecule has 3 aromatic rings. The first-order valence-electron chi connectivity index (χ1n) is 14.7. The average Bonchev–Trinajstić information content (AvgIpc) is 3.43. The molecule has 0 radical (unpaired) electrons. The normalized spacial score (nSPS) is 28.7. The number of amides is 4. The number of hydrogen-bond donors (Lipinski definition) is 3. The van der Waals surface area contributed by atoms with Crippen molar-refractivity contribution >= 4 is 52.5 Å². The molecule has 0 aromatic heterocycles. The second-order valence-electron chi connectivity index (χ2n) is 12.1. The molecule has 1 saturated carbocycles. The van der Waals surface area contributed by atoms with Crippen LogP contribution in [0.3, 0.4) is 0 Å². The molecular weight excluding hydrogens is 617 g/mol. The van der Waals surface area contributed by atoms with Gasteiger partial charge in [-0.3, -0.25) is 29.9 Å². The molecule has 6 unspecified atom stereocenters. The van der Waals surface area contributed by atoms with Gasteiger partial charge < -0.3 is 9.84 Å². The highest BCUT2D eigenvalue weighted by Gasteiger charge is 2.70. The Morgan fingerprint density at radius 3 is 2.47 bits per heavy atom. The number of carbonyl (C=O) groups is 4. The zero-order valence-electron chi connectivity index (χ0n) is 24.3. The molecule has 2 heterocycles. The van der Waals surface area contributed by atoms with Gasteiger partial charge in [-0.15, -0.1) is 0 Å². The summed E-state index contributed by atoms with van der Waals surface area (Å²) in [5.74, 6) is -4.80. The van der Waals surface area contributed by atoms with E-state index in [4.69, 9.17) is 27.9 Å². The lowest BCUT2D eigenvalue weighted by Crippen LogP contribution is -2.53. The van der Waals surface area contributed by atoms with E-state index in [0.717, 1.165) is 10.6 Å². The van der Waals surface area contributed by atoms with Crippen molar-refractivity contribution in [2.75, 3.05) is 12.5 Å². The monoisotopic (exact) mass is 645 g/mol. The van der Waals surface area contributed by atoms with Crippen molar-refractivity contribution in [3.63, 3.8) is 0 Å². The third kappa shape index (κ3) is 4.20. The predicted molar refractivity (Wildman–Crippen MR) is 167 cm³/mol. The van der Waals surface area contributed by atoms with Gasteiger partial charge in [0.15, 0.2) is 0 Å². The van der Waals surface area contributed by atoms with E-state index in [0.29, 0.717) is 39.6 Å². The summed E-state index contributed by atoms with van der Waals surface area (Å²) in [6.07, 6.45) is 2.37. The predicted octanol–water partition coefficient (Wildman–Crippen LogP) is 5.29. The minimum atomic E-state index is -1.53. The van der Waals surface area contributed by atoms with Crippen LogP contribution in [-0.4, -0.2) is 40.9 Å². The highest BCUT2D eigenvalue weighted by atomic mass is 35.5. The molecule has 9 nitrogen and oxygen atoms in total. The molecule has 11 heteroatoms. The van der Waals surface area contributed by atoms with Crippen molar-refractivity contribution in [3.05, 3.63) is 99.0 Å². The largest absolute Gasteiger partial charge is 0.507 e. The molecule has 3 N–H and O–H groups in total. The summed E-state index contributed by atoms with van der Waals surface area (Å²) in [6, 6.07) is 17.0. The van der Waals surface area contributed by atoms with Crippen LogP contribution in [0.5, 0.6) is 11.5 Å². The molecule has 7 rings (SSSR count). The number of aromatic hydroxyl groups is 1. The number of nitrogens with one attached hydrogen (secondary N) is 2. The number of fused-ring (bicyclic) bond motifs is 4. The van der Waals surface area contributed by atoms with E-state index >= 15 is 4.79 Å². The number of carbonyl (C=O) groups excluding carboxylic acids is 4. The minimum Gasteiger partial charge on any atom is -0.507 e. The quantitative estimate of drug-likeness (QED) is 0.254. The molecule has 3 fully saturated rings. The number of imide groups is 2. The van der Waals surface area contributed by atoms with Crippen LogP contribution in [0.2, 0.25) is 10.0 Å². The van der Waals surface area contributed by atoms with E-state index in [-0.39, 0.29) is 29.0 Å². The van der Waals surface area contributed by atoms with Crippen molar-refractivity contribution in [3.8, 4) is 11.5 Å². The number of anilines is 1. The Balaban J connectivity index is 1.49. The second kappa shape index (κ2) is 10.6. The Morgan fingerprint density at radius 1 is 1.00 bits per heavy atom. The maximum absolute atomic E-state index is 15.1. The number of benzene rings is 3. The van der Waals surface area contributed by atoms with E-state index in [9.17, 15) is 19.5 Å². The summed E-state index contributed by atoms with van der Waals surface area (Å²) >= 11 is 12.6. The topological polar surface area (TPSA) is 125 Å². The number of hydrogen-bond acceptors (Lipinski definition) is 7. The Morgan fingerprint density at radius 2 is 1.76 bits per heavy atom. The summed E-state index contributed by atoms with van der Waals surface area (Å²) < 4.78 is 5.41. The number of allylic oxidation sites excluding steroid dienone is 2. The Bertz CT molecular complexity index is 1820. The average molecular weight is 647 g/mol. The van der Waals surface area contributed by atoms with Gasteiger partial charge in [-0.25, -0.2) is 0 Å². The molecule has 2 aliphatic heterocycles. The van der Waals surface area contributed by atoms with Crippen molar-refractivity contribution < 1.29 is 29.0 Å². The van der Waals surface area contributed by atoms with Gasteiger partial charge >= 0.3 is 0 Å². The molecule has 2 aliphatic carbocycles. The first-order valence-corrected chi connectivity index (χ1v) is 15.4. The van der Waals surface area contributed by atoms with Crippen molar-refractivity contribution in [1.82, 2.24) is 10.3 Å². The number of para-hydroxylation sites is 1. The van der Waals surface area contributed by atoms with Gasteiger partial charge in [0.05, 0.1) is 41.0 Å². The zero-order chi connectivity index (χ0) is 31.8. The van der Waals surface area contributed by atoms with E-state index in [1.54, 1.807) is 61.5 Å². The molecule has 45 heavy (non-hydrogen) atoms. The summed E-state index contributed by atoms with van der Waals surface area (Å²) in [5, 5.41) is 15.6. The van der Waals surface area contributed by atoms with Gasteiger partial charge in [0.2, 0.25) is 11.8 Å². The van der Waals surface area contributed by atoms with Crippen LogP contribution in [0.1, 0.15) is 35.4 Å². The van der Waals surface area contributed by atoms with Crippen molar-refractivity contribution in [2.24, 2.45) is 23.7 Å². The number of rotatable bonds is 5. The van der Waals surface area contributed by atoms with Gasteiger partial charge in [-0.05, 0) is 67.1 Å². The molecule has 4 aliphatic rings. The van der Waals surface area contributed by atoms with Crippen LogP contribution in [0.15, 0.2) is 72.3 Å². The first-order chi connectivity index (χ1) is 21.6. The second-order valence-corrected chi connectivity index (χ2v) is 12.9. The molecule has 3 aromatic carbocycles. The molecule has 6 atom stereocenters. The summed E-state index contributed by atoms with van der Waals surface area (Å²) in [4.78, 5) is 55.7. The number of ether oxygens (including phenoxy) is 1. The van der Waals surface area contributed by atoms with Crippen molar-refractivity contribution in [2.45, 2.75) is 31.1 Å². The van der Waals surface area contributed by atoms with Crippen LogP contribution in [0.4, 0.5) is 5.69 Å². The molecule has 2 saturated heterocycles. The number of methoxy groups -OCH3 is 1. The first kappa shape index (κ1) is 29.4. The zero-order valence-corrected chi connectivity index (χ0v) is 25.9. The Hall–Kier alpha value is -4.34. The van der Waals surface area contributed by atoms with Crippen LogP contribution in [-0.2, 0) is 24.6 Å². The maximum atomic E-state index is 15.1. The lowest BCUT2D eigenvalue weighted by Gasteiger charge is -2.50. The van der Waals surface area contributed by atoms with E-state index in [1.165, 1.54) is 13.2 Å². The number of halogens is 2. The van der Waals surface area contributed by atoms with Gasteiger partial charge in [0.25, 0.3) is 11.8 Å². The lowest BCUT2D eigenvalue weighted by atomic mass is 9.49. The van der Waals surface area contributed by atoms with Crippen LogP contribution < -0.4 is 15.5 Å².